The number of benzene rings is 1. The van der Waals surface area contributed by atoms with Crippen molar-refractivity contribution in [2.75, 3.05) is 13.2 Å². The summed E-state index contributed by atoms with van der Waals surface area (Å²) >= 11 is 3.34. The molecule has 5 heteroatoms. The molecule has 1 aromatic carbocycles. The summed E-state index contributed by atoms with van der Waals surface area (Å²) in [6, 6.07) is 7.48. The number of carbonyl (C=O) groups excluding carboxylic acids is 1. The van der Waals surface area contributed by atoms with Crippen molar-refractivity contribution < 1.29 is 14.3 Å². The molecule has 1 N–H and O–H groups in total. The molecule has 1 rings (SSSR count). The Morgan fingerprint density at radius 2 is 1.83 bits per heavy atom. The van der Waals surface area contributed by atoms with Gasteiger partial charge in [-0.15, -0.1) is 0 Å². The second-order valence-electron chi connectivity index (χ2n) is 4.81. The van der Waals surface area contributed by atoms with Gasteiger partial charge in [0.1, 0.15) is 19.0 Å². The maximum atomic E-state index is 11.3. The van der Waals surface area contributed by atoms with Crippen LogP contribution in [0.15, 0.2) is 28.7 Å². The molecular weight excluding hydrogens is 298 g/mol. The van der Waals surface area contributed by atoms with Crippen LogP contribution in [0.25, 0.3) is 0 Å². The summed E-state index contributed by atoms with van der Waals surface area (Å²) < 4.78 is 11.4. The molecule has 0 radical (unpaired) electrons. The van der Waals surface area contributed by atoms with Crippen molar-refractivity contribution in [3.8, 4) is 5.75 Å². The van der Waals surface area contributed by atoms with Crippen LogP contribution >= 0.6 is 15.9 Å². The molecule has 0 unspecified atom stereocenters. The predicted molar refractivity (Wildman–Crippen MR) is 73.9 cm³/mol. The van der Waals surface area contributed by atoms with Gasteiger partial charge in [0.2, 0.25) is 0 Å². The molecule has 0 bridgehead atoms. The lowest BCUT2D eigenvalue weighted by Crippen LogP contribution is -2.41. The van der Waals surface area contributed by atoms with Crippen molar-refractivity contribution in [3.63, 3.8) is 0 Å². The maximum absolute atomic E-state index is 11.3. The lowest BCUT2D eigenvalue weighted by atomic mass is 10.1. The molecule has 0 fully saturated rings. The summed E-state index contributed by atoms with van der Waals surface area (Å²) in [4.78, 5) is 11.3. The third-order valence-electron chi connectivity index (χ3n) is 1.88. The molecule has 0 aliphatic rings. The van der Waals surface area contributed by atoms with Gasteiger partial charge in [-0.2, -0.15) is 0 Å². The molecule has 4 nitrogen and oxygen atoms in total. The second-order valence-corrected chi connectivity index (χ2v) is 5.73. The van der Waals surface area contributed by atoms with Crippen LogP contribution in [0.3, 0.4) is 0 Å². The average Bonchev–Trinajstić information content (AvgIpc) is 2.24. The van der Waals surface area contributed by atoms with Gasteiger partial charge in [0, 0.05) is 10.0 Å². The van der Waals surface area contributed by atoms with Gasteiger partial charge in [0.15, 0.2) is 0 Å². The van der Waals surface area contributed by atoms with Crippen molar-refractivity contribution in [1.82, 2.24) is 5.32 Å². The first-order valence-corrected chi connectivity index (χ1v) is 6.49. The van der Waals surface area contributed by atoms with E-state index >= 15 is 0 Å². The van der Waals surface area contributed by atoms with Gasteiger partial charge in [-0.3, -0.25) is 0 Å². The smallest absolute Gasteiger partial charge is 0.407 e. The first-order valence-electron chi connectivity index (χ1n) is 5.70. The van der Waals surface area contributed by atoms with E-state index in [0.717, 1.165) is 10.2 Å². The van der Waals surface area contributed by atoms with E-state index < -0.39 is 6.09 Å². The van der Waals surface area contributed by atoms with E-state index in [2.05, 4.69) is 21.2 Å². The van der Waals surface area contributed by atoms with Gasteiger partial charge < -0.3 is 14.8 Å². The fourth-order valence-corrected chi connectivity index (χ4v) is 1.43. The van der Waals surface area contributed by atoms with Crippen LogP contribution < -0.4 is 10.1 Å². The van der Waals surface area contributed by atoms with Gasteiger partial charge in [0.25, 0.3) is 0 Å². The fraction of sp³-hybridized carbons (Fsp3) is 0.462. The molecule has 0 aliphatic heterocycles. The predicted octanol–water partition coefficient (Wildman–Crippen LogP) is 3.35. The topological polar surface area (TPSA) is 47.6 Å². The van der Waals surface area contributed by atoms with Crippen molar-refractivity contribution in [2.45, 2.75) is 26.3 Å². The van der Waals surface area contributed by atoms with Crippen LogP contribution in [0.5, 0.6) is 5.75 Å². The summed E-state index contributed by atoms with van der Waals surface area (Å²) in [5, 5.41) is 2.70. The third kappa shape index (κ3) is 6.49. The zero-order valence-electron chi connectivity index (χ0n) is 10.8. The standard InChI is InChI=1S/C13H18BrNO3/c1-13(2,3)15-12(16)18-9-8-17-11-6-4-10(14)5-7-11/h4-7H,8-9H2,1-3H3,(H,15,16). The molecule has 0 saturated carbocycles. The summed E-state index contributed by atoms with van der Waals surface area (Å²) in [5.41, 5.74) is -0.288. The van der Waals surface area contributed by atoms with Gasteiger partial charge in [-0.1, -0.05) is 15.9 Å². The Labute approximate surface area is 116 Å². The number of hydrogen-bond acceptors (Lipinski definition) is 3. The highest BCUT2D eigenvalue weighted by molar-refractivity contribution is 9.10. The highest BCUT2D eigenvalue weighted by Crippen LogP contribution is 2.15. The molecule has 0 aromatic heterocycles. The molecule has 100 valence electrons. The van der Waals surface area contributed by atoms with E-state index in [-0.39, 0.29) is 12.1 Å². The number of alkyl carbamates (subject to hydrolysis) is 1. The van der Waals surface area contributed by atoms with E-state index in [9.17, 15) is 4.79 Å². The number of carbonyl (C=O) groups is 1. The van der Waals surface area contributed by atoms with Crippen molar-refractivity contribution in [2.24, 2.45) is 0 Å². The highest BCUT2D eigenvalue weighted by atomic mass is 79.9. The van der Waals surface area contributed by atoms with Crippen LogP contribution in [0.1, 0.15) is 20.8 Å². The maximum Gasteiger partial charge on any atom is 0.407 e. The molecule has 0 aliphatic carbocycles. The minimum absolute atomic E-state index is 0.220. The lowest BCUT2D eigenvalue weighted by molar-refractivity contribution is 0.118. The van der Waals surface area contributed by atoms with Crippen LogP contribution in [-0.4, -0.2) is 24.8 Å². The minimum atomic E-state index is -0.429. The average molecular weight is 316 g/mol. The van der Waals surface area contributed by atoms with Crippen molar-refractivity contribution in [3.05, 3.63) is 28.7 Å². The van der Waals surface area contributed by atoms with Crippen LogP contribution in [-0.2, 0) is 4.74 Å². The third-order valence-corrected chi connectivity index (χ3v) is 2.40. The number of rotatable bonds is 4. The molecule has 0 heterocycles. The van der Waals surface area contributed by atoms with Crippen LogP contribution in [0, 0.1) is 0 Å². The highest BCUT2D eigenvalue weighted by Gasteiger charge is 2.14. The Morgan fingerprint density at radius 1 is 1.22 bits per heavy atom. The number of amides is 1. The number of halogens is 1. The van der Waals surface area contributed by atoms with Gasteiger partial charge in [0.05, 0.1) is 0 Å². The normalized spacial score (nSPS) is 10.9. The number of hydrogen-bond donors (Lipinski definition) is 1. The zero-order valence-corrected chi connectivity index (χ0v) is 12.4. The van der Waals surface area contributed by atoms with E-state index in [1.807, 2.05) is 45.0 Å². The fourth-order valence-electron chi connectivity index (χ4n) is 1.17. The van der Waals surface area contributed by atoms with Gasteiger partial charge >= 0.3 is 6.09 Å². The van der Waals surface area contributed by atoms with Crippen LogP contribution in [0.4, 0.5) is 4.79 Å². The Hall–Kier alpha value is -1.23. The monoisotopic (exact) mass is 315 g/mol. The summed E-state index contributed by atoms with van der Waals surface area (Å²) in [6.07, 6.45) is -0.429. The largest absolute Gasteiger partial charge is 0.490 e. The van der Waals surface area contributed by atoms with E-state index in [4.69, 9.17) is 9.47 Å². The molecule has 0 saturated heterocycles. The number of nitrogens with one attached hydrogen (secondary N) is 1. The van der Waals surface area contributed by atoms with Gasteiger partial charge in [-0.25, -0.2) is 4.79 Å². The Bertz CT molecular complexity index is 384. The first-order chi connectivity index (χ1) is 8.37. The Kier molecular flexibility index (Phi) is 5.47. The van der Waals surface area contributed by atoms with E-state index in [1.165, 1.54) is 0 Å². The molecule has 1 amide bonds. The van der Waals surface area contributed by atoms with Gasteiger partial charge in [-0.05, 0) is 45.0 Å². The van der Waals surface area contributed by atoms with E-state index in [1.54, 1.807) is 0 Å². The SMILES string of the molecule is CC(C)(C)NC(=O)OCCOc1ccc(Br)cc1. The lowest BCUT2D eigenvalue weighted by Gasteiger charge is -2.19. The molecular formula is C13H18BrNO3. The van der Waals surface area contributed by atoms with Crippen LogP contribution in [0.2, 0.25) is 0 Å². The summed E-state index contributed by atoms with van der Waals surface area (Å²) in [7, 11) is 0. The Morgan fingerprint density at radius 3 is 2.39 bits per heavy atom. The zero-order chi connectivity index (χ0) is 13.6. The summed E-state index contributed by atoms with van der Waals surface area (Å²) in [6.45, 7) is 6.24. The molecule has 1 aromatic rings. The minimum Gasteiger partial charge on any atom is -0.490 e. The Balaban J connectivity index is 2.19. The quantitative estimate of drug-likeness (QED) is 0.867. The van der Waals surface area contributed by atoms with E-state index in [0.29, 0.717) is 6.61 Å². The molecule has 0 atom stereocenters. The first kappa shape index (κ1) is 14.8. The second kappa shape index (κ2) is 6.64. The molecule has 0 spiro atoms. The summed E-state index contributed by atoms with van der Waals surface area (Å²) in [5.74, 6) is 0.748. The van der Waals surface area contributed by atoms with Crippen molar-refractivity contribution >= 4 is 22.0 Å². The molecule has 18 heavy (non-hydrogen) atoms. The number of ether oxygens (including phenoxy) is 2. The van der Waals surface area contributed by atoms with Crippen molar-refractivity contribution in [1.29, 1.82) is 0 Å².